The molecule has 2 heterocycles. The Morgan fingerprint density at radius 2 is 1.96 bits per heavy atom. The van der Waals surface area contributed by atoms with Crippen LogP contribution in [0, 0.1) is 0 Å². The quantitative estimate of drug-likeness (QED) is 0.832. The van der Waals surface area contributed by atoms with Gasteiger partial charge in [0.2, 0.25) is 11.8 Å². The van der Waals surface area contributed by atoms with E-state index in [1.165, 1.54) is 0 Å². The van der Waals surface area contributed by atoms with Gasteiger partial charge < -0.3 is 25.3 Å². The summed E-state index contributed by atoms with van der Waals surface area (Å²) >= 11 is 0. The van der Waals surface area contributed by atoms with Crippen LogP contribution < -0.4 is 11.1 Å². The Balaban J connectivity index is 0.00000225. The normalized spacial score (nSPS) is 14.2. The van der Waals surface area contributed by atoms with Gasteiger partial charge in [0, 0.05) is 48.8 Å². The summed E-state index contributed by atoms with van der Waals surface area (Å²) in [5.41, 5.74) is 7.08. The summed E-state index contributed by atoms with van der Waals surface area (Å²) in [5.74, 6) is -0.00472. The molecule has 0 unspecified atom stereocenters. The number of nitrogens with two attached hydrogens (primary N) is 1. The van der Waals surface area contributed by atoms with Crippen molar-refractivity contribution in [2.24, 2.45) is 5.73 Å². The molecule has 0 bridgehead atoms. The molecular weight excluding hydrogens is 344 g/mol. The molecule has 2 aromatic rings. The molecule has 8 heteroatoms. The largest absolute Gasteiger partial charge is 0.378 e. The number of hydrogen-bond donors (Lipinski definition) is 2. The first-order valence-corrected chi connectivity index (χ1v) is 8.12. The minimum atomic E-state index is -0.0984. The molecule has 1 aliphatic heterocycles. The number of benzene rings is 1. The molecule has 1 aromatic heterocycles. The van der Waals surface area contributed by atoms with Crippen LogP contribution in [0.5, 0.6) is 0 Å². The maximum Gasteiger partial charge on any atom is 0.242 e. The zero-order valence-electron chi connectivity index (χ0n) is 13.9. The highest BCUT2D eigenvalue weighted by Gasteiger charge is 2.17. The molecule has 3 rings (SSSR count). The smallest absolute Gasteiger partial charge is 0.242 e. The number of aromatic nitrogens is 1. The highest BCUT2D eigenvalue weighted by Crippen LogP contribution is 2.21. The van der Waals surface area contributed by atoms with E-state index in [4.69, 9.17) is 10.5 Å². The Labute approximate surface area is 152 Å². The first kappa shape index (κ1) is 19.2. The van der Waals surface area contributed by atoms with Gasteiger partial charge in [-0.1, -0.05) is 0 Å². The average molecular weight is 367 g/mol. The number of ether oxygens (including phenoxy) is 1. The summed E-state index contributed by atoms with van der Waals surface area (Å²) < 4.78 is 7.20. The van der Waals surface area contributed by atoms with E-state index in [0.717, 1.165) is 16.6 Å². The number of carbonyl (C=O) groups is 2. The van der Waals surface area contributed by atoms with Crippen LogP contribution >= 0.6 is 12.4 Å². The van der Waals surface area contributed by atoms with Crippen molar-refractivity contribution in [1.29, 1.82) is 0 Å². The maximum absolute atomic E-state index is 12.4. The van der Waals surface area contributed by atoms with Crippen LogP contribution in [0.3, 0.4) is 0 Å². The van der Waals surface area contributed by atoms with Crippen LogP contribution in [-0.2, 0) is 20.9 Å². The number of nitrogens with one attached hydrogen (secondary N) is 1. The van der Waals surface area contributed by atoms with Crippen molar-refractivity contribution >= 4 is 40.8 Å². The van der Waals surface area contributed by atoms with E-state index in [-0.39, 0.29) is 24.2 Å². The number of anilines is 1. The molecule has 25 heavy (non-hydrogen) atoms. The third kappa shape index (κ3) is 4.72. The van der Waals surface area contributed by atoms with E-state index in [9.17, 15) is 9.59 Å². The monoisotopic (exact) mass is 366 g/mol. The molecule has 0 atom stereocenters. The lowest BCUT2D eigenvalue weighted by Crippen LogP contribution is -2.42. The molecule has 0 saturated carbocycles. The van der Waals surface area contributed by atoms with Crippen LogP contribution in [-0.4, -0.2) is 54.1 Å². The number of morpholine rings is 1. The second-order valence-corrected chi connectivity index (χ2v) is 5.80. The lowest BCUT2D eigenvalue weighted by atomic mass is 10.2. The highest BCUT2D eigenvalue weighted by molar-refractivity contribution is 5.94. The summed E-state index contributed by atoms with van der Waals surface area (Å²) in [7, 11) is 0. The van der Waals surface area contributed by atoms with Crippen molar-refractivity contribution < 1.29 is 14.3 Å². The number of amides is 2. The van der Waals surface area contributed by atoms with Crippen molar-refractivity contribution in [3.8, 4) is 0 Å². The molecule has 1 aliphatic rings. The summed E-state index contributed by atoms with van der Waals surface area (Å²) in [6.45, 7) is 3.13. The number of nitrogens with zero attached hydrogens (tertiary/aromatic N) is 2. The van der Waals surface area contributed by atoms with Gasteiger partial charge in [0.1, 0.15) is 6.54 Å². The number of fused-ring (bicyclic) bond motifs is 1. The van der Waals surface area contributed by atoms with Crippen LogP contribution in [0.2, 0.25) is 0 Å². The molecule has 0 spiro atoms. The summed E-state index contributed by atoms with van der Waals surface area (Å²) in [5, 5.41) is 3.80. The zero-order valence-corrected chi connectivity index (χ0v) is 14.8. The minimum Gasteiger partial charge on any atom is -0.378 e. The minimum absolute atomic E-state index is 0. The van der Waals surface area contributed by atoms with Gasteiger partial charge in [-0.2, -0.15) is 0 Å². The summed E-state index contributed by atoms with van der Waals surface area (Å²) in [6.07, 6.45) is 2.20. The van der Waals surface area contributed by atoms with Crippen LogP contribution in [0.4, 0.5) is 5.69 Å². The van der Waals surface area contributed by atoms with Crippen molar-refractivity contribution in [2.75, 3.05) is 38.2 Å². The second-order valence-electron chi connectivity index (χ2n) is 5.80. The number of halogens is 1. The Hall–Kier alpha value is -2.09. The van der Waals surface area contributed by atoms with Crippen LogP contribution in [0.15, 0.2) is 30.5 Å². The van der Waals surface area contributed by atoms with E-state index < -0.39 is 0 Å². The number of rotatable bonds is 5. The molecule has 0 aliphatic carbocycles. The molecule has 0 radical (unpaired) electrons. The van der Waals surface area contributed by atoms with Gasteiger partial charge >= 0.3 is 0 Å². The fourth-order valence-corrected chi connectivity index (χ4v) is 2.83. The van der Waals surface area contributed by atoms with Crippen molar-refractivity contribution in [2.45, 2.75) is 13.0 Å². The van der Waals surface area contributed by atoms with Crippen molar-refractivity contribution in [1.82, 2.24) is 9.47 Å². The third-order valence-corrected chi connectivity index (χ3v) is 4.10. The van der Waals surface area contributed by atoms with Gasteiger partial charge in [-0.15, -0.1) is 12.4 Å². The Bertz CT molecular complexity index is 741. The van der Waals surface area contributed by atoms with Gasteiger partial charge in [0.25, 0.3) is 0 Å². The first-order valence-electron chi connectivity index (χ1n) is 8.12. The van der Waals surface area contributed by atoms with Gasteiger partial charge in [0.05, 0.1) is 13.2 Å². The SMILES string of the molecule is Cl.NCCC(=O)Nc1ccc2c(ccn2CC(=O)N2CCOCC2)c1. The Morgan fingerprint density at radius 1 is 1.20 bits per heavy atom. The topological polar surface area (TPSA) is 89.6 Å². The van der Waals surface area contributed by atoms with E-state index >= 15 is 0 Å². The third-order valence-electron chi connectivity index (χ3n) is 4.10. The van der Waals surface area contributed by atoms with Crippen LogP contribution in [0.25, 0.3) is 10.9 Å². The second kappa shape index (κ2) is 8.84. The molecule has 1 fully saturated rings. The van der Waals surface area contributed by atoms with Gasteiger partial charge in [-0.25, -0.2) is 0 Å². The maximum atomic E-state index is 12.4. The Morgan fingerprint density at radius 3 is 2.68 bits per heavy atom. The lowest BCUT2D eigenvalue weighted by molar-refractivity contribution is -0.135. The molecule has 136 valence electrons. The van der Waals surface area contributed by atoms with Gasteiger partial charge in [-0.3, -0.25) is 9.59 Å². The summed E-state index contributed by atoms with van der Waals surface area (Å²) in [4.78, 5) is 25.8. The molecule has 3 N–H and O–H groups in total. The van der Waals surface area contributed by atoms with Crippen molar-refractivity contribution in [3.63, 3.8) is 0 Å². The van der Waals surface area contributed by atoms with E-state index in [1.54, 1.807) is 0 Å². The number of hydrogen-bond acceptors (Lipinski definition) is 4. The fourth-order valence-electron chi connectivity index (χ4n) is 2.83. The van der Waals surface area contributed by atoms with E-state index in [2.05, 4.69) is 5.32 Å². The van der Waals surface area contributed by atoms with Crippen molar-refractivity contribution in [3.05, 3.63) is 30.5 Å². The average Bonchev–Trinajstić information content (AvgIpc) is 2.98. The first-order chi connectivity index (χ1) is 11.7. The molecule has 7 nitrogen and oxygen atoms in total. The summed E-state index contributed by atoms with van der Waals surface area (Å²) in [6, 6.07) is 7.60. The lowest BCUT2D eigenvalue weighted by Gasteiger charge is -2.27. The van der Waals surface area contributed by atoms with Gasteiger partial charge in [0.15, 0.2) is 0 Å². The molecule has 1 aromatic carbocycles. The number of carbonyl (C=O) groups excluding carboxylic acids is 2. The molecule has 2 amide bonds. The molecular formula is C17H23ClN4O3. The molecule has 1 saturated heterocycles. The predicted molar refractivity (Wildman–Crippen MR) is 98.9 cm³/mol. The standard InChI is InChI=1S/C17H22N4O3.ClH/c18-5-3-16(22)19-14-1-2-15-13(11-14)4-6-21(15)12-17(23)20-7-9-24-10-8-20;/h1-2,4,6,11H,3,5,7-10,12,18H2,(H,19,22);1H. The van der Waals surface area contributed by atoms with E-state index in [1.807, 2.05) is 39.9 Å². The fraction of sp³-hybridized carbons (Fsp3) is 0.412. The highest BCUT2D eigenvalue weighted by atomic mass is 35.5. The van der Waals surface area contributed by atoms with Gasteiger partial charge in [-0.05, 0) is 24.3 Å². The van der Waals surface area contributed by atoms with E-state index in [0.29, 0.717) is 45.8 Å². The zero-order chi connectivity index (χ0) is 16.9. The predicted octanol–water partition coefficient (Wildman–Crippen LogP) is 1.21. The van der Waals surface area contributed by atoms with Crippen LogP contribution in [0.1, 0.15) is 6.42 Å². The Kier molecular flexibility index (Phi) is 6.81.